The molecule has 6 nitrogen and oxygen atoms in total. The number of rotatable bonds is 6. The lowest BCUT2D eigenvalue weighted by Crippen LogP contribution is -2.46. The Morgan fingerprint density at radius 1 is 1.47 bits per heavy atom. The van der Waals surface area contributed by atoms with Gasteiger partial charge in [0.15, 0.2) is 0 Å². The number of aliphatic hydroxyl groups is 2. The molecule has 0 saturated heterocycles. The SMILES string of the molecule is CCOC(OCC)C1(O)CC(CO)=NO1. The molecule has 0 radical (unpaired) electrons. The van der Waals surface area contributed by atoms with Gasteiger partial charge in [0.05, 0.1) is 18.7 Å². The van der Waals surface area contributed by atoms with E-state index < -0.39 is 12.1 Å². The highest BCUT2D eigenvalue weighted by Crippen LogP contribution is 2.27. The Labute approximate surface area is 88.4 Å². The molecule has 0 saturated carbocycles. The van der Waals surface area contributed by atoms with Gasteiger partial charge in [0.25, 0.3) is 5.79 Å². The fourth-order valence-electron chi connectivity index (χ4n) is 1.32. The quantitative estimate of drug-likeness (QED) is 0.607. The molecule has 0 bridgehead atoms. The van der Waals surface area contributed by atoms with Crippen molar-refractivity contribution in [2.24, 2.45) is 5.16 Å². The van der Waals surface area contributed by atoms with Crippen LogP contribution in [0.15, 0.2) is 5.16 Å². The number of hydrogen-bond acceptors (Lipinski definition) is 6. The summed E-state index contributed by atoms with van der Waals surface area (Å²) in [4.78, 5) is 4.84. The number of oxime groups is 1. The largest absolute Gasteiger partial charge is 0.390 e. The molecule has 1 aliphatic rings. The van der Waals surface area contributed by atoms with E-state index in [9.17, 15) is 5.11 Å². The number of aliphatic hydroxyl groups excluding tert-OH is 1. The average Bonchev–Trinajstić information content (AvgIpc) is 2.61. The summed E-state index contributed by atoms with van der Waals surface area (Å²) in [6, 6.07) is 0. The van der Waals surface area contributed by atoms with Gasteiger partial charge < -0.3 is 24.5 Å². The van der Waals surface area contributed by atoms with Crippen LogP contribution >= 0.6 is 0 Å². The fraction of sp³-hybridized carbons (Fsp3) is 0.889. The zero-order chi connectivity index (χ0) is 11.3. The van der Waals surface area contributed by atoms with Gasteiger partial charge in [-0.25, -0.2) is 0 Å². The van der Waals surface area contributed by atoms with Gasteiger partial charge in [-0.1, -0.05) is 5.16 Å². The van der Waals surface area contributed by atoms with E-state index in [2.05, 4.69) is 5.16 Å². The minimum absolute atomic E-state index is 0.0914. The summed E-state index contributed by atoms with van der Waals surface area (Å²) in [6.45, 7) is 4.12. The third kappa shape index (κ3) is 2.88. The molecule has 1 aliphatic heterocycles. The second-order valence-corrected chi connectivity index (χ2v) is 3.17. The second-order valence-electron chi connectivity index (χ2n) is 3.17. The molecule has 0 spiro atoms. The van der Waals surface area contributed by atoms with Crippen LogP contribution in [0.3, 0.4) is 0 Å². The Morgan fingerprint density at radius 3 is 2.47 bits per heavy atom. The Bertz CT molecular complexity index is 227. The lowest BCUT2D eigenvalue weighted by molar-refractivity contribution is -0.325. The molecule has 0 aromatic rings. The maximum Gasteiger partial charge on any atom is 0.291 e. The van der Waals surface area contributed by atoms with E-state index in [0.717, 1.165) is 0 Å². The Balaban J connectivity index is 2.59. The molecular weight excluding hydrogens is 202 g/mol. The molecule has 0 amide bonds. The Kier molecular flexibility index (Phi) is 4.46. The van der Waals surface area contributed by atoms with E-state index in [4.69, 9.17) is 19.4 Å². The van der Waals surface area contributed by atoms with Gasteiger partial charge in [-0.3, -0.25) is 0 Å². The minimum Gasteiger partial charge on any atom is -0.390 e. The van der Waals surface area contributed by atoms with Gasteiger partial charge in [-0.05, 0) is 13.8 Å². The molecule has 1 heterocycles. The zero-order valence-electron chi connectivity index (χ0n) is 8.97. The molecule has 0 aliphatic carbocycles. The van der Waals surface area contributed by atoms with Crippen LogP contribution in [0.1, 0.15) is 20.3 Å². The molecule has 1 rings (SSSR count). The molecule has 15 heavy (non-hydrogen) atoms. The summed E-state index contributed by atoms with van der Waals surface area (Å²) < 4.78 is 10.4. The average molecular weight is 219 g/mol. The highest BCUT2D eigenvalue weighted by Gasteiger charge is 2.46. The van der Waals surface area contributed by atoms with E-state index in [1.54, 1.807) is 13.8 Å². The van der Waals surface area contributed by atoms with Crippen LogP contribution in [0.2, 0.25) is 0 Å². The smallest absolute Gasteiger partial charge is 0.291 e. The molecule has 0 fully saturated rings. The molecule has 6 heteroatoms. The van der Waals surface area contributed by atoms with Crippen molar-refractivity contribution in [3.05, 3.63) is 0 Å². The Hall–Kier alpha value is -0.690. The van der Waals surface area contributed by atoms with Crippen molar-refractivity contribution in [1.29, 1.82) is 0 Å². The highest BCUT2D eigenvalue weighted by atomic mass is 16.8. The number of hydrogen-bond donors (Lipinski definition) is 2. The van der Waals surface area contributed by atoms with E-state index in [0.29, 0.717) is 18.9 Å². The predicted molar refractivity (Wildman–Crippen MR) is 52.2 cm³/mol. The van der Waals surface area contributed by atoms with Crippen LogP contribution in [0.5, 0.6) is 0 Å². The van der Waals surface area contributed by atoms with Crippen LogP contribution in [0.25, 0.3) is 0 Å². The first kappa shape index (κ1) is 12.4. The molecule has 0 aromatic carbocycles. The fourth-order valence-corrected chi connectivity index (χ4v) is 1.32. The monoisotopic (exact) mass is 219 g/mol. The van der Waals surface area contributed by atoms with Crippen LogP contribution in [-0.2, 0) is 14.3 Å². The minimum atomic E-state index is -1.62. The van der Waals surface area contributed by atoms with Crippen molar-refractivity contribution >= 4 is 5.71 Å². The van der Waals surface area contributed by atoms with Crippen LogP contribution in [0.4, 0.5) is 0 Å². The van der Waals surface area contributed by atoms with Crippen molar-refractivity contribution in [1.82, 2.24) is 0 Å². The summed E-state index contributed by atoms with van der Waals surface area (Å²) in [7, 11) is 0. The summed E-state index contributed by atoms with van der Waals surface area (Å²) in [5.41, 5.74) is 0.377. The number of nitrogens with zero attached hydrogens (tertiary/aromatic N) is 1. The summed E-state index contributed by atoms with van der Waals surface area (Å²) >= 11 is 0. The van der Waals surface area contributed by atoms with E-state index >= 15 is 0 Å². The van der Waals surface area contributed by atoms with Gasteiger partial charge in [0.2, 0.25) is 6.29 Å². The first-order chi connectivity index (χ1) is 7.16. The molecule has 2 N–H and O–H groups in total. The zero-order valence-corrected chi connectivity index (χ0v) is 8.97. The predicted octanol–water partition coefficient (Wildman–Crippen LogP) is -0.157. The van der Waals surface area contributed by atoms with E-state index in [1.165, 1.54) is 0 Å². The summed E-state index contributed by atoms with van der Waals surface area (Å²) in [5.74, 6) is -1.62. The van der Waals surface area contributed by atoms with Gasteiger partial charge >= 0.3 is 0 Å². The third-order valence-corrected chi connectivity index (χ3v) is 1.98. The third-order valence-electron chi connectivity index (χ3n) is 1.98. The molecule has 1 atom stereocenters. The second kappa shape index (κ2) is 5.41. The first-order valence-corrected chi connectivity index (χ1v) is 4.96. The van der Waals surface area contributed by atoms with Gasteiger partial charge in [-0.2, -0.15) is 0 Å². The molecule has 1 unspecified atom stereocenters. The van der Waals surface area contributed by atoms with Crippen molar-refractivity contribution in [2.75, 3.05) is 19.8 Å². The molecule has 0 aromatic heterocycles. The lowest BCUT2D eigenvalue weighted by Gasteiger charge is -2.28. The van der Waals surface area contributed by atoms with Crippen molar-refractivity contribution in [3.8, 4) is 0 Å². The van der Waals surface area contributed by atoms with Gasteiger partial charge in [0, 0.05) is 13.2 Å². The highest BCUT2D eigenvalue weighted by molar-refractivity contribution is 5.86. The number of ether oxygens (including phenoxy) is 2. The van der Waals surface area contributed by atoms with E-state index in [1.807, 2.05) is 0 Å². The first-order valence-electron chi connectivity index (χ1n) is 4.96. The summed E-state index contributed by atoms with van der Waals surface area (Å²) in [6.07, 6.45) is -0.797. The lowest BCUT2D eigenvalue weighted by atomic mass is 10.1. The standard InChI is InChI=1S/C9H17NO5/c1-3-13-8(14-4-2)9(12)5-7(6-11)10-15-9/h8,11-12H,3-6H2,1-2H3. The van der Waals surface area contributed by atoms with Crippen molar-refractivity contribution in [2.45, 2.75) is 32.3 Å². The van der Waals surface area contributed by atoms with Crippen LogP contribution in [-0.4, -0.2) is 47.8 Å². The molecular formula is C9H17NO5. The Morgan fingerprint density at radius 2 is 2.07 bits per heavy atom. The molecule has 88 valence electrons. The van der Waals surface area contributed by atoms with Crippen LogP contribution < -0.4 is 0 Å². The maximum atomic E-state index is 10.0. The van der Waals surface area contributed by atoms with E-state index in [-0.39, 0.29) is 13.0 Å². The van der Waals surface area contributed by atoms with Crippen molar-refractivity contribution < 1.29 is 24.5 Å². The van der Waals surface area contributed by atoms with Crippen LogP contribution in [0, 0.1) is 0 Å². The topological polar surface area (TPSA) is 80.5 Å². The van der Waals surface area contributed by atoms with Gasteiger partial charge in [0.1, 0.15) is 0 Å². The van der Waals surface area contributed by atoms with Gasteiger partial charge in [-0.15, -0.1) is 0 Å². The summed E-state index contributed by atoms with van der Waals surface area (Å²) in [5, 5.41) is 22.4. The van der Waals surface area contributed by atoms with Crippen molar-refractivity contribution in [3.63, 3.8) is 0 Å². The maximum absolute atomic E-state index is 10.0. The normalized spacial score (nSPS) is 25.5.